The first-order valence-electron chi connectivity index (χ1n) is 10.9. The van der Waals surface area contributed by atoms with E-state index >= 15 is 0 Å². The molecule has 148 valence electrons. The number of hydrogen-bond acceptors (Lipinski definition) is 2. The standard InChI is InChI=1S/C23H46N2/c1-18(2)19-10-14-24(15-11-19)22(6,7)23(8,9)25-16-12-20(13-17-25)21(3,4)5/h18-20H,10-17H2,1-9H3. The Morgan fingerprint density at radius 1 is 0.640 bits per heavy atom. The first-order chi connectivity index (χ1) is 11.4. The van der Waals surface area contributed by atoms with Crippen molar-refractivity contribution in [3.63, 3.8) is 0 Å². The molecule has 2 saturated heterocycles. The van der Waals surface area contributed by atoms with Gasteiger partial charge in [0.2, 0.25) is 0 Å². The molecule has 2 fully saturated rings. The molecule has 2 nitrogen and oxygen atoms in total. The molecule has 0 N–H and O–H groups in total. The van der Waals surface area contributed by atoms with E-state index in [-0.39, 0.29) is 11.1 Å². The van der Waals surface area contributed by atoms with E-state index < -0.39 is 0 Å². The lowest BCUT2D eigenvalue weighted by molar-refractivity contribution is -0.0683. The van der Waals surface area contributed by atoms with E-state index in [0.29, 0.717) is 5.41 Å². The summed E-state index contributed by atoms with van der Waals surface area (Å²) < 4.78 is 0. The van der Waals surface area contributed by atoms with Gasteiger partial charge in [0.15, 0.2) is 0 Å². The van der Waals surface area contributed by atoms with Gasteiger partial charge in [0.25, 0.3) is 0 Å². The predicted molar refractivity (Wildman–Crippen MR) is 111 cm³/mol. The maximum Gasteiger partial charge on any atom is 0.0331 e. The second-order valence-electron chi connectivity index (χ2n) is 11.3. The Morgan fingerprint density at radius 2 is 1.00 bits per heavy atom. The SMILES string of the molecule is CC(C)C1CCN(C(C)(C)C(C)(C)N2CCC(C(C)(C)C)CC2)CC1. The van der Waals surface area contributed by atoms with Crippen LogP contribution in [0.1, 0.15) is 88.0 Å². The summed E-state index contributed by atoms with van der Waals surface area (Å²) in [6, 6.07) is 0. The van der Waals surface area contributed by atoms with Gasteiger partial charge in [-0.05, 0) is 103 Å². The van der Waals surface area contributed by atoms with Crippen molar-refractivity contribution < 1.29 is 0 Å². The highest BCUT2D eigenvalue weighted by Crippen LogP contribution is 2.41. The number of hydrogen-bond donors (Lipinski definition) is 0. The second kappa shape index (κ2) is 7.50. The van der Waals surface area contributed by atoms with Gasteiger partial charge >= 0.3 is 0 Å². The summed E-state index contributed by atoms with van der Waals surface area (Å²) in [4.78, 5) is 5.59. The summed E-state index contributed by atoms with van der Waals surface area (Å²) >= 11 is 0. The zero-order valence-electron chi connectivity index (χ0n) is 18.8. The van der Waals surface area contributed by atoms with Gasteiger partial charge in [-0.15, -0.1) is 0 Å². The average Bonchev–Trinajstić information content (AvgIpc) is 2.54. The van der Waals surface area contributed by atoms with Crippen molar-refractivity contribution in [3.8, 4) is 0 Å². The van der Waals surface area contributed by atoms with Crippen LogP contribution in [-0.2, 0) is 0 Å². The number of piperidine rings is 2. The molecule has 2 rings (SSSR count). The monoisotopic (exact) mass is 350 g/mol. The van der Waals surface area contributed by atoms with Crippen LogP contribution in [0.5, 0.6) is 0 Å². The lowest BCUT2D eigenvalue weighted by Crippen LogP contribution is -2.67. The van der Waals surface area contributed by atoms with E-state index in [9.17, 15) is 0 Å². The van der Waals surface area contributed by atoms with Crippen LogP contribution in [0.15, 0.2) is 0 Å². The van der Waals surface area contributed by atoms with Gasteiger partial charge < -0.3 is 0 Å². The van der Waals surface area contributed by atoms with Gasteiger partial charge in [0.05, 0.1) is 0 Å². The Labute approximate surface area is 158 Å². The molecule has 2 heteroatoms. The molecule has 0 unspecified atom stereocenters. The topological polar surface area (TPSA) is 6.48 Å². The van der Waals surface area contributed by atoms with E-state index in [2.05, 4.69) is 72.1 Å². The molecular weight excluding hydrogens is 304 g/mol. The van der Waals surface area contributed by atoms with Crippen molar-refractivity contribution in [1.29, 1.82) is 0 Å². The van der Waals surface area contributed by atoms with Gasteiger partial charge in [-0.3, -0.25) is 9.80 Å². The van der Waals surface area contributed by atoms with Crippen LogP contribution in [0.25, 0.3) is 0 Å². The van der Waals surface area contributed by atoms with E-state index in [1.807, 2.05) is 0 Å². The molecule has 0 amide bonds. The molecule has 0 aromatic rings. The van der Waals surface area contributed by atoms with Crippen LogP contribution in [0.2, 0.25) is 0 Å². The number of likely N-dealkylation sites (tertiary alicyclic amines) is 2. The minimum Gasteiger partial charge on any atom is -0.296 e. The third kappa shape index (κ3) is 4.43. The second-order valence-corrected chi connectivity index (χ2v) is 11.3. The molecule has 0 aromatic carbocycles. The van der Waals surface area contributed by atoms with Crippen molar-refractivity contribution in [2.45, 2.75) is 99.1 Å². The molecule has 2 aliphatic heterocycles. The fourth-order valence-corrected chi connectivity index (χ4v) is 5.20. The zero-order chi connectivity index (χ0) is 19.0. The van der Waals surface area contributed by atoms with Crippen LogP contribution in [0.3, 0.4) is 0 Å². The van der Waals surface area contributed by atoms with Crippen LogP contribution >= 0.6 is 0 Å². The van der Waals surface area contributed by atoms with Gasteiger partial charge in [-0.2, -0.15) is 0 Å². The predicted octanol–water partition coefficient (Wildman–Crippen LogP) is 5.67. The molecule has 2 aliphatic rings. The Bertz CT molecular complexity index is 414. The summed E-state index contributed by atoms with van der Waals surface area (Å²) in [5.74, 6) is 2.65. The number of nitrogens with zero attached hydrogens (tertiary/aromatic N) is 2. The van der Waals surface area contributed by atoms with Gasteiger partial charge in [-0.1, -0.05) is 34.6 Å². The minimum atomic E-state index is 0.223. The molecule has 0 saturated carbocycles. The molecule has 25 heavy (non-hydrogen) atoms. The van der Waals surface area contributed by atoms with E-state index in [1.165, 1.54) is 51.9 Å². The van der Waals surface area contributed by atoms with E-state index in [4.69, 9.17) is 0 Å². The highest BCUT2D eigenvalue weighted by molar-refractivity contribution is 5.04. The van der Waals surface area contributed by atoms with Crippen molar-refractivity contribution in [3.05, 3.63) is 0 Å². The Kier molecular flexibility index (Phi) is 6.37. The first-order valence-corrected chi connectivity index (χ1v) is 10.9. The zero-order valence-corrected chi connectivity index (χ0v) is 18.8. The normalized spacial score (nSPS) is 24.2. The van der Waals surface area contributed by atoms with Crippen LogP contribution in [-0.4, -0.2) is 47.1 Å². The van der Waals surface area contributed by atoms with Crippen LogP contribution < -0.4 is 0 Å². The first kappa shape index (κ1) is 21.2. The smallest absolute Gasteiger partial charge is 0.0331 e. The average molecular weight is 351 g/mol. The molecule has 0 radical (unpaired) electrons. The van der Waals surface area contributed by atoms with Crippen molar-refractivity contribution in [1.82, 2.24) is 9.80 Å². The molecule has 0 aromatic heterocycles. The van der Waals surface area contributed by atoms with Gasteiger partial charge in [0.1, 0.15) is 0 Å². The summed E-state index contributed by atoms with van der Waals surface area (Å²) in [6.45, 7) is 27.1. The molecular formula is C23H46N2. The Hall–Kier alpha value is -0.0800. The molecule has 0 atom stereocenters. The third-order valence-corrected chi connectivity index (χ3v) is 8.28. The van der Waals surface area contributed by atoms with Crippen molar-refractivity contribution in [2.24, 2.45) is 23.2 Å². The largest absolute Gasteiger partial charge is 0.296 e. The Morgan fingerprint density at radius 3 is 1.32 bits per heavy atom. The summed E-state index contributed by atoms with van der Waals surface area (Å²) in [5.41, 5.74) is 0.911. The van der Waals surface area contributed by atoms with E-state index in [0.717, 1.165) is 17.8 Å². The van der Waals surface area contributed by atoms with Crippen molar-refractivity contribution >= 4 is 0 Å². The lowest BCUT2D eigenvalue weighted by Gasteiger charge is -2.57. The van der Waals surface area contributed by atoms with E-state index in [1.54, 1.807) is 0 Å². The maximum atomic E-state index is 2.80. The fourth-order valence-electron chi connectivity index (χ4n) is 5.20. The summed E-state index contributed by atoms with van der Waals surface area (Å²) in [5, 5.41) is 0. The third-order valence-electron chi connectivity index (χ3n) is 8.28. The molecule has 2 heterocycles. The van der Waals surface area contributed by atoms with Gasteiger partial charge in [-0.25, -0.2) is 0 Å². The van der Waals surface area contributed by atoms with Gasteiger partial charge in [0, 0.05) is 11.1 Å². The quantitative estimate of drug-likeness (QED) is 0.644. The molecule has 0 aliphatic carbocycles. The molecule has 0 bridgehead atoms. The summed E-state index contributed by atoms with van der Waals surface area (Å²) in [6.07, 6.45) is 5.48. The number of rotatable bonds is 4. The lowest BCUT2D eigenvalue weighted by atomic mass is 9.72. The molecule has 0 spiro atoms. The minimum absolute atomic E-state index is 0.223. The maximum absolute atomic E-state index is 2.80. The Balaban J connectivity index is 2.00. The van der Waals surface area contributed by atoms with Crippen LogP contribution in [0.4, 0.5) is 0 Å². The van der Waals surface area contributed by atoms with Crippen molar-refractivity contribution in [2.75, 3.05) is 26.2 Å². The highest BCUT2D eigenvalue weighted by Gasteiger charge is 2.47. The van der Waals surface area contributed by atoms with Crippen LogP contribution in [0, 0.1) is 23.2 Å². The fraction of sp³-hybridized carbons (Fsp3) is 1.00. The highest BCUT2D eigenvalue weighted by atomic mass is 15.3. The summed E-state index contributed by atoms with van der Waals surface area (Å²) in [7, 11) is 0.